The number of halogens is 1. The first-order valence-corrected chi connectivity index (χ1v) is 7.70. The molecule has 0 unspecified atom stereocenters. The summed E-state index contributed by atoms with van der Waals surface area (Å²) in [7, 11) is 0. The summed E-state index contributed by atoms with van der Waals surface area (Å²) in [4.78, 5) is 24.2. The topological polar surface area (TPSA) is 58.2 Å². The summed E-state index contributed by atoms with van der Waals surface area (Å²) in [5, 5.41) is 5.46. The maximum Gasteiger partial charge on any atom is 0.251 e. The molecule has 0 heterocycles. The van der Waals surface area contributed by atoms with Gasteiger partial charge in [-0.25, -0.2) is 4.39 Å². The van der Waals surface area contributed by atoms with Gasteiger partial charge in [-0.05, 0) is 24.3 Å². The molecule has 2 aromatic rings. The molecule has 0 aromatic heterocycles. The molecule has 0 saturated carbocycles. The molecule has 0 atom stereocenters. The Morgan fingerprint density at radius 3 is 2.42 bits per heavy atom. The molecule has 2 aromatic carbocycles. The van der Waals surface area contributed by atoms with Crippen molar-refractivity contribution >= 4 is 17.5 Å². The third kappa shape index (κ3) is 4.65. The molecule has 2 N–H and O–H groups in total. The fourth-order valence-electron chi connectivity index (χ4n) is 1.98. The molecule has 0 saturated heterocycles. The van der Waals surface area contributed by atoms with Gasteiger partial charge in [0.15, 0.2) is 0 Å². The van der Waals surface area contributed by atoms with Crippen molar-refractivity contribution in [3.8, 4) is 0 Å². The van der Waals surface area contributed by atoms with E-state index in [1.807, 2.05) is 20.8 Å². The molecule has 2 rings (SSSR count). The molecule has 24 heavy (non-hydrogen) atoms. The lowest BCUT2D eigenvalue weighted by Crippen LogP contribution is -2.28. The summed E-state index contributed by atoms with van der Waals surface area (Å²) >= 11 is 0. The van der Waals surface area contributed by atoms with Crippen LogP contribution in [0.15, 0.2) is 48.5 Å². The van der Waals surface area contributed by atoms with Gasteiger partial charge in [-0.3, -0.25) is 9.59 Å². The second kappa shape index (κ2) is 7.25. The Bertz CT molecular complexity index is 751. The first-order chi connectivity index (χ1) is 11.3. The first kappa shape index (κ1) is 17.7. The lowest BCUT2D eigenvalue weighted by molar-refractivity contribution is -0.123. The third-order valence-electron chi connectivity index (χ3n) is 3.46. The van der Waals surface area contributed by atoms with Crippen molar-refractivity contribution < 1.29 is 14.0 Å². The minimum atomic E-state index is -0.525. The van der Waals surface area contributed by atoms with Gasteiger partial charge in [-0.15, -0.1) is 0 Å². The smallest absolute Gasteiger partial charge is 0.251 e. The zero-order valence-electron chi connectivity index (χ0n) is 14.0. The SMILES string of the molecule is CC(C)(C)C(=O)Nc1cccc(C(=O)NCc2ccccc2F)c1. The molecule has 4 nitrogen and oxygen atoms in total. The molecule has 0 aliphatic rings. The summed E-state index contributed by atoms with van der Waals surface area (Å²) in [5.41, 5.74) is 0.845. The Morgan fingerprint density at radius 1 is 1.04 bits per heavy atom. The number of anilines is 1. The van der Waals surface area contributed by atoms with Crippen LogP contribution in [0.5, 0.6) is 0 Å². The zero-order valence-corrected chi connectivity index (χ0v) is 14.0. The number of benzene rings is 2. The van der Waals surface area contributed by atoms with E-state index in [0.29, 0.717) is 16.8 Å². The fourth-order valence-corrected chi connectivity index (χ4v) is 1.98. The van der Waals surface area contributed by atoms with Crippen molar-refractivity contribution in [2.45, 2.75) is 27.3 Å². The summed E-state index contributed by atoms with van der Waals surface area (Å²) in [6, 6.07) is 12.9. The quantitative estimate of drug-likeness (QED) is 0.898. The van der Waals surface area contributed by atoms with Gasteiger partial charge < -0.3 is 10.6 Å². The summed E-state index contributed by atoms with van der Waals surface area (Å²) in [6.07, 6.45) is 0. The predicted octanol–water partition coefficient (Wildman–Crippen LogP) is 3.74. The third-order valence-corrected chi connectivity index (χ3v) is 3.46. The lowest BCUT2D eigenvalue weighted by atomic mass is 9.95. The van der Waals surface area contributed by atoms with E-state index in [4.69, 9.17) is 0 Å². The Hall–Kier alpha value is -2.69. The van der Waals surface area contributed by atoms with Crippen molar-refractivity contribution in [1.82, 2.24) is 5.32 Å². The van der Waals surface area contributed by atoms with Crippen LogP contribution in [-0.4, -0.2) is 11.8 Å². The fraction of sp³-hybridized carbons (Fsp3) is 0.263. The average Bonchev–Trinajstić information content (AvgIpc) is 2.53. The van der Waals surface area contributed by atoms with E-state index in [0.717, 1.165) is 0 Å². The Kier molecular flexibility index (Phi) is 5.34. The highest BCUT2D eigenvalue weighted by Crippen LogP contribution is 2.18. The molecule has 0 radical (unpaired) electrons. The zero-order chi connectivity index (χ0) is 17.7. The molecular formula is C19H21FN2O2. The van der Waals surface area contributed by atoms with Gasteiger partial charge in [0.2, 0.25) is 5.91 Å². The molecule has 0 spiro atoms. The van der Waals surface area contributed by atoms with Crippen LogP contribution in [0.4, 0.5) is 10.1 Å². The van der Waals surface area contributed by atoms with E-state index in [2.05, 4.69) is 10.6 Å². The van der Waals surface area contributed by atoms with Gasteiger partial charge in [0.25, 0.3) is 5.91 Å². The van der Waals surface area contributed by atoms with Crippen LogP contribution >= 0.6 is 0 Å². The average molecular weight is 328 g/mol. The highest BCUT2D eigenvalue weighted by molar-refractivity contribution is 5.98. The van der Waals surface area contributed by atoms with E-state index >= 15 is 0 Å². The predicted molar refractivity (Wildman–Crippen MR) is 92.1 cm³/mol. The second-order valence-electron chi connectivity index (χ2n) is 6.56. The van der Waals surface area contributed by atoms with Crippen molar-refractivity contribution in [3.05, 3.63) is 65.5 Å². The van der Waals surface area contributed by atoms with E-state index < -0.39 is 5.41 Å². The second-order valence-corrected chi connectivity index (χ2v) is 6.56. The summed E-state index contributed by atoms with van der Waals surface area (Å²) < 4.78 is 13.6. The number of carbonyl (C=O) groups excluding carboxylic acids is 2. The highest BCUT2D eigenvalue weighted by Gasteiger charge is 2.21. The maximum atomic E-state index is 13.6. The van der Waals surface area contributed by atoms with Crippen LogP contribution in [0.25, 0.3) is 0 Å². The van der Waals surface area contributed by atoms with Gasteiger partial charge in [0.1, 0.15) is 5.82 Å². The monoisotopic (exact) mass is 328 g/mol. The van der Waals surface area contributed by atoms with E-state index in [1.54, 1.807) is 42.5 Å². The van der Waals surface area contributed by atoms with Gasteiger partial charge in [0, 0.05) is 28.8 Å². The van der Waals surface area contributed by atoms with Crippen LogP contribution in [-0.2, 0) is 11.3 Å². The summed E-state index contributed by atoms with van der Waals surface area (Å²) in [5.74, 6) is -0.819. The largest absolute Gasteiger partial charge is 0.348 e. The Labute approximate surface area is 141 Å². The normalized spacial score (nSPS) is 11.0. The first-order valence-electron chi connectivity index (χ1n) is 7.70. The van der Waals surface area contributed by atoms with E-state index in [-0.39, 0.29) is 24.2 Å². The van der Waals surface area contributed by atoms with Crippen molar-refractivity contribution in [2.75, 3.05) is 5.32 Å². The van der Waals surface area contributed by atoms with Gasteiger partial charge >= 0.3 is 0 Å². The van der Waals surface area contributed by atoms with E-state index in [9.17, 15) is 14.0 Å². The number of hydrogen-bond acceptors (Lipinski definition) is 2. The molecular weight excluding hydrogens is 307 g/mol. The molecule has 126 valence electrons. The van der Waals surface area contributed by atoms with Crippen molar-refractivity contribution in [1.29, 1.82) is 0 Å². The van der Waals surface area contributed by atoms with Crippen LogP contribution in [0.1, 0.15) is 36.7 Å². The number of amides is 2. The molecule has 0 bridgehead atoms. The van der Waals surface area contributed by atoms with Crippen LogP contribution < -0.4 is 10.6 Å². The van der Waals surface area contributed by atoms with Gasteiger partial charge in [-0.2, -0.15) is 0 Å². The highest BCUT2D eigenvalue weighted by atomic mass is 19.1. The van der Waals surface area contributed by atoms with Crippen molar-refractivity contribution in [3.63, 3.8) is 0 Å². The van der Waals surface area contributed by atoms with Crippen LogP contribution in [0.2, 0.25) is 0 Å². The van der Waals surface area contributed by atoms with Crippen molar-refractivity contribution in [2.24, 2.45) is 5.41 Å². The number of nitrogens with one attached hydrogen (secondary N) is 2. The molecule has 0 aliphatic carbocycles. The Balaban J connectivity index is 2.04. The minimum Gasteiger partial charge on any atom is -0.348 e. The number of hydrogen-bond donors (Lipinski definition) is 2. The summed E-state index contributed by atoms with van der Waals surface area (Å²) in [6.45, 7) is 5.54. The van der Waals surface area contributed by atoms with Gasteiger partial charge in [0.05, 0.1) is 0 Å². The maximum absolute atomic E-state index is 13.6. The van der Waals surface area contributed by atoms with Crippen LogP contribution in [0, 0.1) is 11.2 Å². The molecule has 0 fully saturated rings. The number of carbonyl (C=O) groups is 2. The molecule has 5 heteroatoms. The van der Waals surface area contributed by atoms with E-state index in [1.165, 1.54) is 6.07 Å². The minimum absolute atomic E-state index is 0.101. The number of rotatable bonds is 4. The molecule has 0 aliphatic heterocycles. The molecule has 2 amide bonds. The standard InChI is InChI=1S/C19H21FN2O2/c1-19(2,3)18(24)22-15-9-6-8-13(11-15)17(23)21-12-14-7-4-5-10-16(14)20/h4-11H,12H2,1-3H3,(H,21,23)(H,22,24). The lowest BCUT2D eigenvalue weighted by Gasteiger charge is -2.18. The van der Waals surface area contributed by atoms with Gasteiger partial charge in [-0.1, -0.05) is 45.0 Å². The van der Waals surface area contributed by atoms with Crippen LogP contribution in [0.3, 0.4) is 0 Å². The Morgan fingerprint density at radius 2 is 1.75 bits per heavy atom.